The molecule has 0 radical (unpaired) electrons. The summed E-state index contributed by atoms with van der Waals surface area (Å²) in [7, 11) is -4.33. The van der Waals surface area contributed by atoms with Crippen LogP contribution in [0.4, 0.5) is 0 Å². The average Bonchev–Trinajstić information content (AvgIpc) is 2.38. The average molecular weight is 306 g/mol. The number of benzene rings is 1. The van der Waals surface area contributed by atoms with Crippen LogP contribution in [0.2, 0.25) is 0 Å². The second-order valence-corrected chi connectivity index (χ2v) is 6.36. The van der Waals surface area contributed by atoms with Crippen LogP contribution in [0.25, 0.3) is 0 Å². The van der Waals surface area contributed by atoms with Crippen molar-refractivity contribution in [2.75, 3.05) is 0 Å². The summed E-state index contributed by atoms with van der Waals surface area (Å²) in [4.78, 5) is -0.142. The Morgan fingerprint density at radius 2 is 1.65 bits per heavy atom. The maximum Gasteiger partial charge on any atom is 1.00 e. The molecule has 20 heavy (non-hydrogen) atoms. The minimum Gasteiger partial charge on any atom is -0.744 e. The SMILES string of the molecule is CCCCCCC(CC)c1ccc(S(=O)(=O)[O-])cc1.[Na+]. The molecule has 1 atom stereocenters. The Hall–Kier alpha value is 0.130. The molecule has 5 heteroatoms. The first-order chi connectivity index (χ1) is 8.99. The number of unbranched alkanes of at least 4 members (excludes halogenated alkanes) is 3. The van der Waals surface area contributed by atoms with Gasteiger partial charge in [0, 0.05) is 0 Å². The monoisotopic (exact) mass is 306 g/mol. The van der Waals surface area contributed by atoms with E-state index in [9.17, 15) is 13.0 Å². The first-order valence-corrected chi connectivity index (χ1v) is 8.45. The van der Waals surface area contributed by atoms with E-state index in [0.717, 1.165) is 18.4 Å². The fourth-order valence-corrected chi connectivity index (χ4v) is 2.80. The Labute approximate surface area is 145 Å². The third-order valence-corrected chi connectivity index (χ3v) is 4.39. The zero-order valence-electron chi connectivity index (χ0n) is 12.8. The maximum absolute atomic E-state index is 10.9. The van der Waals surface area contributed by atoms with Gasteiger partial charge in [0.2, 0.25) is 0 Å². The largest absolute Gasteiger partial charge is 1.00 e. The van der Waals surface area contributed by atoms with E-state index >= 15 is 0 Å². The molecule has 3 nitrogen and oxygen atoms in total. The molecule has 1 aromatic carbocycles. The molecule has 0 aliphatic carbocycles. The number of hydrogen-bond donors (Lipinski definition) is 0. The standard InChI is InChI=1S/C15H24O3S.Na/c1-3-5-6-7-8-13(4-2)14-9-11-15(12-10-14)19(16,17)18;/h9-13H,3-8H2,1-2H3,(H,16,17,18);/q;+1/p-1. The zero-order valence-corrected chi connectivity index (χ0v) is 15.6. The molecule has 0 N–H and O–H groups in total. The molecular formula is C15H23NaO3S. The van der Waals surface area contributed by atoms with Crippen LogP contribution in [0.3, 0.4) is 0 Å². The fraction of sp³-hybridized carbons (Fsp3) is 0.600. The second kappa shape index (κ2) is 9.96. The summed E-state index contributed by atoms with van der Waals surface area (Å²) in [6.45, 7) is 4.34. The van der Waals surface area contributed by atoms with E-state index < -0.39 is 10.1 Å². The van der Waals surface area contributed by atoms with Gasteiger partial charge in [-0.25, -0.2) is 8.42 Å². The molecule has 0 heterocycles. The summed E-state index contributed by atoms with van der Waals surface area (Å²) in [5.74, 6) is 0.459. The van der Waals surface area contributed by atoms with Gasteiger partial charge in [0.05, 0.1) is 4.90 Å². The molecule has 1 unspecified atom stereocenters. The first-order valence-electron chi connectivity index (χ1n) is 7.04. The van der Waals surface area contributed by atoms with Crippen molar-refractivity contribution in [3.05, 3.63) is 29.8 Å². The summed E-state index contributed by atoms with van der Waals surface area (Å²) in [5.41, 5.74) is 1.13. The van der Waals surface area contributed by atoms with Crippen LogP contribution in [-0.4, -0.2) is 13.0 Å². The van der Waals surface area contributed by atoms with E-state index in [0.29, 0.717) is 5.92 Å². The van der Waals surface area contributed by atoms with E-state index in [-0.39, 0.29) is 34.5 Å². The Morgan fingerprint density at radius 3 is 2.10 bits per heavy atom. The predicted molar refractivity (Wildman–Crippen MR) is 76.2 cm³/mol. The van der Waals surface area contributed by atoms with Crippen molar-refractivity contribution >= 4 is 10.1 Å². The molecule has 0 amide bonds. The van der Waals surface area contributed by atoms with Crippen LogP contribution >= 0.6 is 0 Å². The van der Waals surface area contributed by atoms with Crippen molar-refractivity contribution in [3.63, 3.8) is 0 Å². The van der Waals surface area contributed by atoms with Crippen molar-refractivity contribution in [3.8, 4) is 0 Å². The number of rotatable bonds is 8. The summed E-state index contributed by atoms with van der Waals surface area (Å²) in [5, 5.41) is 0. The van der Waals surface area contributed by atoms with Gasteiger partial charge in [-0.1, -0.05) is 51.7 Å². The van der Waals surface area contributed by atoms with Gasteiger partial charge in [-0.05, 0) is 36.5 Å². The van der Waals surface area contributed by atoms with Crippen molar-refractivity contribution < 1.29 is 42.5 Å². The van der Waals surface area contributed by atoms with E-state index in [1.165, 1.54) is 37.8 Å². The van der Waals surface area contributed by atoms with Gasteiger partial charge in [0.1, 0.15) is 10.1 Å². The molecule has 0 bridgehead atoms. The van der Waals surface area contributed by atoms with E-state index in [1.54, 1.807) is 12.1 Å². The zero-order chi connectivity index (χ0) is 14.3. The van der Waals surface area contributed by atoms with Gasteiger partial charge in [-0.3, -0.25) is 0 Å². The molecule has 1 rings (SSSR count). The minimum atomic E-state index is -4.33. The van der Waals surface area contributed by atoms with Gasteiger partial charge in [0.25, 0.3) is 0 Å². The van der Waals surface area contributed by atoms with Crippen molar-refractivity contribution in [2.45, 2.75) is 63.2 Å². The molecule has 0 aromatic heterocycles. The van der Waals surface area contributed by atoms with Crippen LogP contribution in [-0.2, 0) is 10.1 Å². The van der Waals surface area contributed by atoms with Gasteiger partial charge < -0.3 is 4.55 Å². The topological polar surface area (TPSA) is 57.2 Å². The Kier molecular flexibility index (Phi) is 10.0. The van der Waals surface area contributed by atoms with Gasteiger partial charge in [0.15, 0.2) is 0 Å². The third-order valence-electron chi connectivity index (χ3n) is 3.54. The third kappa shape index (κ3) is 6.72. The van der Waals surface area contributed by atoms with Crippen molar-refractivity contribution in [2.24, 2.45) is 0 Å². The number of hydrogen-bond acceptors (Lipinski definition) is 3. The molecule has 0 spiro atoms. The minimum absolute atomic E-state index is 0. The molecule has 0 saturated carbocycles. The van der Waals surface area contributed by atoms with E-state index in [4.69, 9.17) is 0 Å². The Morgan fingerprint density at radius 1 is 1.05 bits per heavy atom. The van der Waals surface area contributed by atoms with Crippen LogP contribution < -0.4 is 29.6 Å². The van der Waals surface area contributed by atoms with Crippen molar-refractivity contribution in [1.29, 1.82) is 0 Å². The summed E-state index contributed by atoms with van der Waals surface area (Å²) < 4.78 is 32.6. The molecule has 1 aromatic rings. The van der Waals surface area contributed by atoms with E-state index in [2.05, 4.69) is 13.8 Å². The molecule has 108 valence electrons. The van der Waals surface area contributed by atoms with Crippen LogP contribution in [0.5, 0.6) is 0 Å². The van der Waals surface area contributed by atoms with Gasteiger partial charge >= 0.3 is 29.6 Å². The van der Waals surface area contributed by atoms with Gasteiger partial charge in [-0.2, -0.15) is 0 Å². The normalized spacial score (nSPS) is 12.8. The van der Waals surface area contributed by atoms with Crippen molar-refractivity contribution in [1.82, 2.24) is 0 Å². The Bertz CT molecular complexity index is 468. The van der Waals surface area contributed by atoms with E-state index in [1.807, 2.05) is 0 Å². The fourth-order valence-electron chi connectivity index (χ4n) is 2.33. The maximum atomic E-state index is 10.9. The quantitative estimate of drug-likeness (QED) is 0.410. The first kappa shape index (κ1) is 20.1. The summed E-state index contributed by atoms with van der Waals surface area (Å²) in [6, 6.07) is 6.40. The van der Waals surface area contributed by atoms with Gasteiger partial charge in [-0.15, -0.1) is 0 Å². The predicted octanol–water partition coefficient (Wildman–Crippen LogP) is 1.06. The Balaban J connectivity index is 0.00000361. The molecule has 0 aliphatic heterocycles. The smallest absolute Gasteiger partial charge is 0.744 e. The van der Waals surface area contributed by atoms with Crippen LogP contribution in [0.15, 0.2) is 29.2 Å². The summed E-state index contributed by atoms with van der Waals surface area (Å²) in [6.07, 6.45) is 7.11. The summed E-state index contributed by atoms with van der Waals surface area (Å²) >= 11 is 0. The molecule has 0 fully saturated rings. The second-order valence-electron chi connectivity index (χ2n) is 4.98. The molecule has 0 saturated heterocycles. The molecular weight excluding hydrogens is 283 g/mol. The van der Waals surface area contributed by atoms with Crippen LogP contribution in [0.1, 0.15) is 63.9 Å². The molecule has 0 aliphatic rings. The van der Waals surface area contributed by atoms with Crippen LogP contribution in [0, 0.1) is 0 Å².